The number of halogens is 1. The van der Waals surface area contributed by atoms with Gasteiger partial charge in [-0.05, 0) is 31.5 Å². The Bertz CT molecular complexity index is 433. The smallest absolute Gasteiger partial charge is 0.232 e. The first-order valence-electron chi connectivity index (χ1n) is 5.40. The first-order valence-corrected chi connectivity index (χ1v) is 5.78. The Morgan fingerprint density at radius 2 is 2.19 bits per heavy atom. The summed E-state index contributed by atoms with van der Waals surface area (Å²) in [6.07, 6.45) is 0.799. The summed E-state index contributed by atoms with van der Waals surface area (Å²) in [6, 6.07) is 5.43. The van der Waals surface area contributed by atoms with Gasteiger partial charge in [-0.15, -0.1) is 0 Å². The van der Waals surface area contributed by atoms with Crippen LogP contribution in [0.3, 0.4) is 0 Å². The number of fused-ring (bicyclic) bond motifs is 1. The monoisotopic (exact) mass is 238 g/mol. The van der Waals surface area contributed by atoms with E-state index in [0.29, 0.717) is 11.6 Å². The molecule has 3 nitrogen and oxygen atoms in total. The number of hydrogen-bond donors (Lipinski definition) is 2. The molecular weight excluding hydrogens is 224 g/mol. The minimum absolute atomic E-state index is 0.0589. The summed E-state index contributed by atoms with van der Waals surface area (Å²) in [5, 5.41) is 6.87. The number of carbonyl (C=O) groups excluding carboxylic acids is 1. The van der Waals surface area contributed by atoms with E-state index < -0.39 is 0 Å². The molecule has 0 spiro atoms. The predicted octanol–water partition coefficient (Wildman–Crippen LogP) is 3.12. The van der Waals surface area contributed by atoms with Crippen molar-refractivity contribution in [3.8, 4) is 0 Å². The van der Waals surface area contributed by atoms with Gasteiger partial charge in [-0.25, -0.2) is 0 Å². The average molecular weight is 239 g/mol. The molecule has 0 bridgehead atoms. The maximum Gasteiger partial charge on any atom is 0.232 e. The van der Waals surface area contributed by atoms with Gasteiger partial charge >= 0.3 is 0 Å². The van der Waals surface area contributed by atoms with E-state index in [9.17, 15) is 4.79 Å². The molecule has 1 heterocycles. The van der Waals surface area contributed by atoms with E-state index >= 15 is 0 Å². The summed E-state index contributed by atoms with van der Waals surface area (Å²) in [7, 11) is 0. The van der Waals surface area contributed by atoms with E-state index in [0.717, 1.165) is 17.8 Å². The molecule has 1 unspecified atom stereocenters. The maximum absolute atomic E-state index is 12.0. The standard InChI is InChI=1S/C12H15ClN2O/c1-3-12(2)7-14-10-6-8(13)4-5-9(10)15-11(12)16/h4-6,14H,3,7H2,1-2H3,(H,15,16). The van der Waals surface area contributed by atoms with Gasteiger partial charge in [-0.3, -0.25) is 4.79 Å². The van der Waals surface area contributed by atoms with Gasteiger partial charge in [0.05, 0.1) is 16.8 Å². The number of amides is 1. The predicted molar refractivity (Wildman–Crippen MR) is 67.0 cm³/mol. The highest BCUT2D eigenvalue weighted by Crippen LogP contribution is 2.33. The van der Waals surface area contributed by atoms with Gasteiger partial charge in [-0.1, -0.05) is 18.5 Å². The lowest BCUT2D eigenvalue weighted by Crippen LogP contribution is -2.36. The highest BCUT2D eigenvalue weighted by atomic mass is 35.5. The van der Waals surface area contributed by atoms with E-state index in [2.05, 4.69) is 10.6 Å². The van der Waals surface area contributed by atoms with Crippen LogP contribution in [0, 0.1) is 5.41 Å². The second-order valence-corrected chi connectivity index (χ2v) is 4.85. The van der Waals surface area contributed by atoms with Crippen molar-refractivity contribution in [3.05, 3.63) is 23.2 Å². The van der Waals surface area contributed by atoms with Crippen LogP contribution in [0.25, 0.3) is 0 Å². The van der Waals surface area contributed by atoms with Crippen molar-refractivity contribution in [2.24, 2.45) is 5.41 Å². The maximum atomic E-state index is 12.0. The molecular formula is C12H15ClN2O. The molecule has 0 saturated heterocycles. The van der Waals surface area contributed by atoms with Crippen LogP contribution in [0.1, 0.15) is 20.3 Å². The molecule has 16 heavy (non-hydrogen) atoms. The van der Waals surface area contributed by atoms with Crippen LogP contribution in [0.2, 0.25) is 5.02 Å². The van der Waals surface area contributed by atoms with Gasteiger partial charge in [0.2, 0.25) is 5.91 Å². The highest BCUT2D eigenvalue weighted by Gasteiger charge is 2.33. The quantitative estimate of drug-likeness (QED) is 0.789. The molecule has 0 saturated carbocycles. The number of rotatable bonds is 1. The molecule has 1 atom stereocenters. The first-order chi connectivity index (χ1) is 7.55. The molecule has 86 valence electrons. The Morgan fingerprint density at radius 3 is 2.88 bits per heavy atom. The van der Waals surface area contributed by atoms with E-state index in [1.165, 1.54) is 0 Å². The van der Waals surface area contributed by atoms with E-state index in [4.69, 9.17) is 11.6 Å². The molecule has 0 fully saturated rings. The summed E-state index contributed by atoms with van der Waals surface area (Å²) < 4.78 is 0. The van der Waals surface area contributed by atoms with E-state index in [-0.39, 0.29) is 11.3 Å². The minimum atomic E-state index is -0.370. The van der Waals surface area contributed by atoms with Crippen molar-refractivity contribution in [1.82, 2.24) is 0 Å². The molecule has 1 aliphatic heterocycles. The largest absolute Gasteiger partial charge is 0.382 e. The van der Waals surface area contributed by atoms with E-state index in [1.807, 2.05) is 26.0 Å². The zero-order valence-electron chi connectivity index (χ0n) is 9.43. The van der Waals surface area contributed by atoms with Crippen LogP contribution >= 0.6 is 11.6 Å². The van der Waals surface area contributed by atoms with Crippen LogP contribution in [0.4, 0.5) is 11.4 Å². The fourth-order valence-corrected chi connectivity index (χ4v) is 1.87. The number of carbonyl (C=O) groups is 1. The third-order valence-corrected chi connectivity index (χ3v) is 3.46. The summed E-state index contributed by atoms with van der Waals surface area (Å²) in [5.74, 6) is 0.0589. The van der Waals surface area contributed by atoms with Gasteiger partial charge < -0.3 is 10.6 Å². The Morgan fingerprint density at radius 1 is 1.44 bits per heavy atom. The molecule has 1 aliphatic rings. The van der Waals surface area contributed by atoms with Gasteiger partial charge in [0.1, 0.15) is 0 Å². The summed E-state index contributed by atoms with van der Waals surface area (Å²) >= 11 is 5.92. The topological polar surface area (TPSA) is 41.1 Å². The lowest BCUT2D eigenvalue weighted by atomic mass is 9.86. The Labute approximate surface area is 100 Å². The highest BCUT2D eigenvalue weighted by molar-refractivity contribution is 6.31. The van der Waals surface area contributed by atoms with Gasteiger partial charge in [0.15, 0.2) is 0 Å². The van der Waals surface area contributed by atoms with Crippen LogP contribution in [-0.2, 0) is 4.79 Å². The third-order valence-electron chi connectivity index (χ3n) is 3.23. The molecule has 1 aromatic rings. The molecule has 0 radical (unpaired) electrons. The van der Waals surface area contributed by atoms with Gasteiger partial charge in [-0.2, -0.15) is 0 Å². The Hall–Kier alpha value is -1.22. The summed E-state index contributed by atoms with van der Waals surface area (Å²) in [5.41, 5.74) is 1.32. The molecule has 1 amide bonds. The summed E-state index contributed by atoms with van der Waals surface area (Å²) in [4.78, 5) is 12.0. The Kier molecular flexibility index (Phi) is 2.80. The molecule has 0 aromatic heterocycles. The van der Waals surface area contributed by atoms with Gasteiger partial charge in [0, 0.05) is 11.6 Å². The SMILES string of the molecule is CCC1(C)CNc2cc(Cl)ccc2NC1=O. The fourth-order valence-electron chi connectivity index (χ4n) is 1.70. The van der Waals surface area contributed by atoms with Crippen molar-refractivity contribution >= 4 is 28.9 Å². The number of benzene rings is 1. The lowest BCUT2D eigenvalue weighted by molar-refractivity contribution is -0.124. The van der Waals surface area contributed by atoms with E-state index in [1.54, 1.807) is 6.07 Å². The molecule has 2 N–H and O–H groups in total. The van der Waals surface area contributed by atoms with Crippen LogP contribution in [-0.4, -0.2) is 12.5 Å². The fraction of sp³-hybridized carbons (Fsp3) is 0.417. The minimum Gasteiger partial charge on any atom is -0.382 e. The second-order valence-electron chi connectivity index (χ2n) is 4.41. The summed E-state index contributed by atoms with van der Waals surface area (Å²) in [6.45, 7) is 4.61. The zero-order chi connectivity index (χ0) is 11.8. The number of anilines is 2. The van der Waals surface area contributed by atoms with Crippen molar-refractivity contribution in [1.29, 1.82) is 0 Å². The third kappa shape index (κ3) is 1.87. The van der Waals surface area contributed by atoms with Crippen molar-refractivity contribution < 1.29 is 4.79 Å². The Balaban J connectivity index is 2.37. The van der Waals surface area contributed by atoms with Crippen molar-refractivity contribution in [2.75, 3.05) is 17.2 Å². The first kappa shape index (κ1) is 11.3. The average Bonchev–Trinajstić information content (AvgIpc) is 2.39. The van der Waals surface area contributed by atoms with Crippen LogP contribution in [0.15, 0.2) is 18.2 Å². The molecule has 4 heteroatoms. The van der Waals surface area contributed by atoms with Crippen LogP contribution < -0.4 is 10.6 Å². The van der Waals surface area contributed by atoms with Crippen molar-refractivity contribution in [3.63, 3.8) is 0 Å². The zero-order valence-corrected chi connectivity index (χ0v) is 10.2. The number of hydrogen-bond acceptors (Lipinski definition) is 2. The van der Waals surface area contributed by atoms with Crippen LogP contribution in [0.5, 0.6) is 0 Å². The second kappa shape index (κ2) is 3.98. The van der Waals surface area contributed by atoms with Gasteiger partial charge in [0.25, 0.3) is 0 Å². The molecule has 0 aliphatic carbocycles. The van der Waals surface area contributed by atoms with Crippen molar-refractivity contribution in [2.45, 2.75) is 20.3 Å². The lowest BCUT2D eigenvalue weighted by Gasteiger charge is -2.23. The molecule has 1 aromatic carbocycles. The number of nitrogens with one attached hydrogen (secondary N) is 2. The normalized spacial score (nSPS) is 24.1. The molecule has 2 rings (SSSR count).